The molecular weight excluding hydrogens is 350 g/mol. The van der Waals surface area contributed by atoms with E-state index in [1.165, 1.54) is 4.88 Å². The van der Waals surface area contributed by atoms with Crippen LogP contribution in [0.2, 0.25) is 0 Å². The number of benzene rings is 1. The maximum absolute atomic E-state index is 12.0. The Kier molecular flexibility index (Phi) is 5.78. The van der Waals surface area contributed by atoms with Crippen molar-refractivity contribution in [1.82, 2.24) is 4.90 Å². The molecule has 4 nitrogen and oxygen atoms in total. The number of thiophene rings is 1. The lowest BCUT2D eigenvalue weighted by Crippen LogP contribution is -2.31. The smallest absolute Gasteiger partial charge is 0.238 e. The number of halogens is 1. The van der Waals surface area contributed by atoms with Gasteiger partial charge in [-0.05, 0) is 59.0 Å². The van der Waals surface area contributed by atoms with Gasteiger partial charge in [0.1, 0.15) is 0 Å². The fourth-order valence-electron chi connectivity index (χ4n) is 1.90. The number of nitrogens with two attached hydrogens (primary N) is 1. The summed E-state index contributed by atoms with van der Waals surface area (Å²) in [4.78, 5) is 15.4. The Hall–Kier alpha value is -1.37. The molecule has 0 aliphatic heterocycles. The maximum atomic E-state index is 12.0. The van der Waals surface area contributed by atoms with E-state index >= 15 is 0 Å². The molecule has 0 atom stereocenters. The van der Waals surface area contributed by atoms with Crippen molar-refractivity contribution in [3.8, 4) is 0 Å². The van der Waals surface area contributed by atoms with Crippen LogP contribution in [0.3, 0.4) is 0 Å². The largest absolute Gasteiger partial charge is 0.399 e. The molecule has 0 unspecified atom stereocenters. The third-order valence-corrected chi connectivity index (χ3v) is 4.59. The number of carbonyl (C=O) groups is 1. The first kappa shape index (κ1) is 16.0. The highest BCUT2D eigenvalue weighted by molar-refractivity contribution is 9.10. The standard InChI is InChI=1S/C15H18BrN3OS/c1-19(7-6-12-3-2-8-21-12)10-15(20)18-14-5-4-11(17)9-13(14)16/h2-5,8-9H,6-7,10,17H2,1H3,(H,18,20). The molecule has 1 aromatic carbocycles. The summed E-state index contributed by atoms with van der Waals surface area (Å²) >= 11 is 5.14. The lowest BCUT2D eigenvalue weighted by molar-refractivity contribution is -0.117. The number of amides is 1. The van der Waals surface area contributed by atoms with Gasteiger partial charge >= 0.3 is 0 Å². The number of hydrogen-bond donors (Lipinski definition) is 2. The normalized spacial score (nSPS) is 10.8. The summed E-state index contributed by atoms with van der Waals surface area (Å²) < 4.78 is 0.789. The van der Waals surface area contributed by atoms with Gasteiger partial charge in [-0.3, -0.25) is 9.69 Å². The average molecular weight is 368 g/mol. The van der Waals surface area contributed by atoms with Crippen LogP contribution in [0.5, 0.6) is 0 Å². The number of hydrogen-bond acceptors (Lipinski definition) is 4. The molecule has 0 saturated heterocycles. The highest BCUT2D eigenvalue weighted by atomic mass is 79.9. The van der Waals surface area contributed by atoms with Crippen molar-refractivity contribution >= 4 is 44.5 Å². The number of nitrogens with zero attached hydrogens (tertiary/aromatic N) is 1. The van der Waals surface area contributed by atoms with E-state index < -0.39 is 0 Å². The van der Waals surface area contributed by atoms with Gasteiger partial charge in [-0.15, -0.1) is 11.3 Å². The molecule has 21 heavy (non-hydrogen) atoms. The molecule has 1 heterocycles. The number of rotatable bonds is 6. The molecule has 112 valence electrons. The Balaban J connectivity index is 1.80. The Morgan fingerprint density at radius 2 is 2.24 bits per heavy atom. The highest BCUT2D eigenvalue weighted by Gasteiger charge is 2.09. The van der Waals surface area contributed by atoms with Gasteiger partial charge in [0.15, 0.2) is 0 Å². The zero-order valence-electron chi connectivity index (χ0n) is 11.8. The van der Waals surface area contributed by atoms with Gasteiger partial charge in [0.2, 0.25) is 5.91 Å². The van der Waals surface area contributed by atoms with Crippen LogP contribution in [0.15, 0.2) is 40.2 Å². The van der Waals surface area contributed by atoms with Gasteiger partial charge in [-0.2, -0.15) is 0 Å². The molecule has 2 aromatic rings. The van der Waals surface area contributed by atoms with E-state index in [0.717, 1.165) is 23.1 Å². The Morgan fingerprint density at radius 3 is 2.90 bits per heavy atom. The van der Waals surface area contributed by atoms with Crippen LogP contribution in [0.25, 0.3) is 0 Å². The van der Waals surface area contributed by atoms with Crippen molar-refractivity contribution < 1.29 is 4.79 Å². The van der Waals surface area contributed by atoms with Crippen molar-refractivity contribution in [3.63, 3.8) is 0 Å². The molecule has 0 radical (unpaired) electrons. The zero-order chi connectivity index (χ0) is 15.2. The van der Waals surface area contributed by atoms with Crippen LogP contribution in [-0.4, -0.2) is 30.9 Å². The number of likely N-dealkylation sites (N-methyl/N-ethyl adjacent to an activating group) is 1. The van der Waals surface area contributed by atoms with Crippen molar-refractivity contribution in [2.45, 2.75) is 6.42 Å². The van der Waals surface area contributed by atoms with E-state index in [1.807, 2.05) is 18.0 Å². The number of nitrogens with one attached hydrogen (secondary N) is 1. The van der Waals surface area contributed by atoms with E-state index in [9.17, 15) is 4.79 Å². The first-order chi connectivity index (χ1) is 10.0. The summed E-state index contributed by atoms with van der Waals surface area (Å²) in [6, 6.07) is 9.50. The summed E-state index contributed by atoms with van der Waals surface area (Å²) in [5, 5.41) is 4.95. The van der Waals surface area contributed by atoms with Gasteiger partial charge in [0.25, 0.3) is 0 Å². The Labute approximate surface area is 137 Å². The third-order valence-electron chi connectivity index (χ3n) is 3.00. The molecule has 3 N–H and O–H groups in total. The van der Waals surface area contributed by atoms with Crippen molar-refractivity contribution in [1.29, 1.82) is 0 Å². The van der Waals surface area contributed by atoms with Crippen LogP contribution in [-0.2, 0) is 11.2 Å². The second-order valence-corrected chi connectivity index (χ2v) is 6.74. The van der Waals surface area contributed by atoms with Crippen molar-refractivity contribution in [3.05, 3.63) is 45.1 Å². The van der Waals surface area contributed by atoms with E-state index in [0.29, 0.717) is 12.2 Å². The highest BCUT2D eigenvalue weighted by Crippen LogP contribution is 2.24. The van der Waals surface area contributed by atoms with E-state index in [1.54, 1.807) is 29.5 Å². The summed E-state index contributed by atoms with van der Waals surface area (Å²) in [6.45, 7) is 1.22. The molecule has 0 saturated carbocycles. The minimum absolute atomic E-state index is 0.0332. The second-order valence-electron chi connectivity index (χ2n) is 4.85. The molecule has 0 spiro atoms. The number of anilines is 2. The summed E-state index contributed by atoms with van der Waals surface area (Å²) in [5.74, 6) is -0.0332. The lowest BCUT2D eigenvalue weighted by atomic mass is 10.3. The van der Waals surface area contributed by atoms with Crippen molar-refractivity contribution in [2.24, 2.45) is 0 Å². The zero-order valence-corrected chi connectivity index (χ0v) is 14.2. The van der Waals surface area contributed by atoms with Gasteiger partial charge in [0.05, 0.1) is 12.2 Å². The number of nitrogen functional groups attached to an aromatic ring is 1. The molecule has 1 amide bonds. The number of carbonyl (C=O) groups excluding carboxylic acids is 1. The van der Waals surface area contributed by atoms with Crippen molar-refractivity contribution in [2.75, 3.05) is 31.2 Å². The predicted molar refractivity (Wildman–Crippen MR) is 92.7 cm³/mol. The SMILES string of the molecule is CN(CCc1cccs1)CC(=O)Nc1ccc(N)cc1Br. The van der Waals surface area contributed by atoms with Gasteiger partial charge < -0.3 is 11.1 Å². The second kappa shape index (κ2) is 7.59. The van der Waals surface area contributed by atoms with Gasteiger partial charge in [-0.1, -0.05) is 6.07 Å². The van der Waals surface area contributed by atoms with Gasteiger partial charge in [-0.25, -0.2) is 0 Å². The van der Waals surface area contributed by atoms with Crippen LogP contribution >= 0.6 is 27.3 Å². The Morgan fingerprint density at radius 1 is 1.43 bits per heavy atom. The van der Waals surface area contributed by atoms with E-state index in [-0.39, 0.29) is 5.91 Å². The fraction of sp³-hybridized carbons (Fsp3) is 0.267. The van der Waals surface area contributed by atoms with Gasteiger partial charge in [0, 0.05) is 21.6 Å². The molecule has 0 fully saturated rings. The summed E-state index contributed by atoms with van der Waals surface area (Å²) in [6.07, 6.45) is 0.965. The molecule has 2 rings (SSSR count). The molecule has 1 aromatic heterocycles. The lowest BCUT2D eigenvalue weighted by Gasteiger charge is -2.16. The fourth-order valence-corrected chi connectivity index (χ4v) is 3.10. The first-order valence-electron chi connectivity index (χ1n) is 6.60. The molecule has 6 heteroatoms. The van der Waals surface area contributed by atoms with Crippen LogP contribution in [0.1, 0.15) is 4.88 Å². The molecule has 0 bridgehead atoms. The maximum Gasteiger partial charge on any atom is 0.238 e. The third kappa shape index (κ3) is 5.15. The predicted octanol–water partition coefficient (Wildman–Crippen LogP) is 3.21. The molecular formula is C15H18BrN3OS. The Bertz CT molecular complexity index is 601. The van der Waals surface area contributed by atoms with Crippen LogP contribution in [0, 0.1) is 0 Å². The average Bonchev–Trinajstić information content (AvgIpc) is 2.93. The first-order valence-corrected chi connectivity index (χ1v) is 8.27. The topological polar surface area (TPSA) is 58.4 Å². The monoisotopic (exact) mass is 367 g/mol. The molecule has 0 aliphatic rings. The summed E-state index contributed by atoms with van der Waals surface area (Å²) in [5.41, 5.74) is 7.07. The van der Waals surface area contributed by atoms with Crippen LogP contribution < -0.4 is 11.1 Å². The van der Waals surface area contributed by atoms with E-state index in [2.05, 4.69) is 32.7 Å². The quantitative estimate of drug-likeness (QED) is 0.770. The van der Waals surface area contributed by atoms with E-state index in [4.69, 9.17) is 5.73 Å². The van der Waals surface area contributed by atoms with Crippen LogP contribution in [0.4, 0.5) is 11.4 Å². The minimum atomic E-state index is -0.0332. The molecule has 0 aliphatic carbocycles. The minimum Gasteiger partial charge on any atom is -0.399 e. The summed E-state index contributed by atoms with van der Waals surface area (Å²) in [7, 11) is 1.95.